The predicted molar refractivity (Wildman–Crippen MR) is 74.0 cm³/mol. The zero-order valence-corrected chi connectivity index (χ0v) is 11.6. The molecule has 1 aromatic carbocycles. The quantitative estimate of drug-likeness (QED) is 0.817. The van der Waals surface area contributed by atoms with Gasteiger partial charge in [0.2, 0.25) is 5.91 Å². The van der Waals surface area contributed by atoms with Gasteiger partial charge in [-0.05, 0) is 30.7 Å². The lowest BCUT2D eigenvalue weighted by Gasteiger charge is -2.14. The van der Waals surface area contributed by atoms with Crippen molar-refractivity contribution < 1.29 is 18.7 Å². The summed E-state index contributed by atoms with van der Waals surface area (Å²) >= 11 is 0.470. The van der Waals surface area contributed by atoms with Crippen LogP contribution >= 0.6 is 11.8 Å². The summed E-state index contributed by atoms with van der Waals surface area (Å²) in [5, 5.41) is 12.1. The van der Waals surface area contributed by atoms with Crippen molar-refractivity contribution in [2.24, 2.45) is 0 Å². The fraction of sp³-hybridized carbons (Fsp3) is 0.462. The minimum Gasteiger partial charge on any atom is -0.392 e. The molecule has 1 aromatic rings. The highest BCUT2D eigenvalue weighted by Crippen LogP contribution is 2.26. The van der Waals surface area contributed by atoms with E-state index in [-0.39, 0.29) is 18.6 Å². The Kier molecular flexibility index (Phi) is 5.33. The van der Waals surface area contributed by atoms with Crippen molar-refractivity contribution in [3.63, 3.8) is 0 Å². The Morgan fingerprint density at radius 1 is 1.45 bits per heavy atom. The van der Waals surface area contributed by atoms with Crippen LogP contribution in [0.3, 0.4) is 0 Å². The van der Waals surface area contributed by atoms with Crippen LogP contribution in [0, 0.1) is 0 Å². The van der Waals surface area contributed by atoms with E-state index in [9.17, 15) is 18.7 Å². The molecular weight excluding hydrogens is 286 g/mol. The number of aliphatic hydroxyl groups is 1. The smallest absolute Gasteiger partial charge is 0.288 e. The summed E-state index contributed by atoms with van der Waals surface area (Å²) in [6.07, 6.45) is 0.334. The number of nitrogens with one attached hydrogen (secondary N) is 1. The molecule has 2 rings (SSSR count). The summed E-state index contributed by atoms with van der Waals surface area (Å²) in [6.45, 7) is 1.44. The number of alkyl halides is 2. The van der Waals surface area contributed by atoms with Crippen LogP contribution in [0.25, 0.3) is 0 Å². The number of hydrogen-bond donors (Lipinski definition) is 2. The lowest BCUT2D eigenvalue weighted by molar-refractivity contribution is -0.117. The highest BCUT2D eigenvalue weighted by molar-refractivity contribution is 7.99. The number of likely N-dealkylation sites (tertiary alicyclic amines) is 1. The number of anilines is 1. The van der Waals surface area contributed by atoms with Gasteiger partial charge < -0.3 is 10.4 Å². The van der Waals surface area contributed by atoms with Crippen LogP contribution in [-0.2, 0) is 4.79 Å². The Balaban J connectivity index is 1.82. The molecule has 1 fully saturated rings. The molecule has 1 aliphatic heterocycles. The Morgan fingerprint density at radius 2 is 2.15 bits per heavy atom. The first-order chi connectivity index (χ1) is 9.52. The molecule has 110 valence electrons. The number of carbonyl (C=O) groups is 1. The summed E-state index contributed by atoms with van der Waals surface area (Å²) in [5.74, 6) is -2.62. The van der Waals surface area contributed by atoms with Crippen LogP contribution in [0.2, 0.25) is 0 Å². The lowest BCUT2D eigenvalue weighted by atomic mass is 10.3. The Labute approximate surface area is 120 Å². The predicted octanol–water partition coefficient (Wildman–Crippen LogP) is 2.01. The maximum atomic E-state index is 12.2. The molecule has 7 heteroatoms. The number of carbonyl (C=O) groups excluding carboxylic acids is 1. The topological polar surface area (TPSA) is 52.6 Å². The second-order valence-corrected chi connectivity index (χ2v) is 5.69. The third-order valence-electron chi connectivity index (χ3n) is 2.98. The molecule has 2 N–H and O–H groups in total. The summed E-state index contributed by atoms with van der Waals surface area (Å²) in [4.78, 5) is 14.1. The van der Waals surface area contributed by atoms with Crippen molar-refractivity contribution in [1.29, 1.82) is 0 Å². The van der Waals surface area contributed by atoms with Gasteiger partial charge in [0.1, 0.15) is 0 Å². The molecule has 0 radical (unpaired) electrons. The minimum absolute atomic E-state index is 0.173. The summed E-state index contributed by atoms with van der Waals surface area (Å²) in [5.41, 5.74) is 0.577. The van der Waals surface area contributed by atoms with E-state index >= 15 is 0 Å². The third-order valence-corrected chi connectivity index (χ3v) is 3.70. The molecule has 0 saturated carbocycles. The van der Waals surface area contributed by atoms with Gasteiger partial charge in [-0.1, -0.05) is 11.8 Å². The molecule has 20 heavy (non-hydrogen) atoms. The molecule has 1 atom stereocenters. The average molecular weight is 302 g/mol. The number of β-amino-alcohol motifs (C(OH)–C–C–N with tert-alkyl or cyclic N) is 1. The first kappa shape index (κ1) is 15.2. The van der Waals surface area contributed by atoms with Gasteiger partial charge in [-0.2, -0.15) is 8.78 Å². The van der Waals surface area contributed by atoms with E-state index in [1.807, 2.05) is 4.90 Å². The molecule has 0 unspecified atom stereocenters. The van der Waals surface area contributed by atoms with E-state index in [1.54, 1.807) is 24.3 Å². The van der Waals surface area contributed by atoms with Crippen LogP contribution < -0.4 is 5.32 Å². The maximum absolute atomic E-state index is 12.2. The van der Waals surface area contributed by atoms with Gasteiger partial charge in [0.25, 0.3) is 5.76 Å². The Bertz CT molecular complexity index is 456. The molecule has 1 amide bonds. The van der Waals surface area contributed by atoms with Crippen molar-refractivity contribution in [3.8, 4) is 0 Å². The van der Waals surface area contributed by atoms with Crippen molar-refractivity contribution in [3.05, 3.63) is 24.3 Å². The second-order valence-electron chi connectivity index (χ2n) is 4.63. The molecule has 0 aromatic heterocycles. The van der Waals surface area contributed by atoms with Crippen molar-refractivity contribution in [2.45, 2.75) is 23.2 Å². The summed E-state index contributed by atoms with van der Waals surface area (Å²) in [6, 6.07) is 6.29. The maximum Gasteiger partial charge on any atom is 0.288 e. The van der Waals surface area contributed by atoms with Gasteiger partial charge in [-0.15, -0.1) is 0 Å². The number of benzene rings is 1. The lowest BCUT2D eigenvalue weighted by Crippen LogP contribution is -2.32. The van der Waals surface area contributed by atoms with Crippen LogP contribution in [0.4, 0.5) is 14.5 Å². The number of halogens is 2. The molecule has 4 nitrogen and oxygen atoms in total. The van der Waals surface area contributed by atoms with E-state index in [4.69, 9.17) is 0 Å². The number of nitrogens with zero attached hydrogens (tertiary/aromatic N) is 1. The average Bonchev–Trinajstić information content (AvgIpc) is 2.76. The summed E-state index contributed by atoms with van der Waals surface area (Å²) in [7, 11) is 0. The molecule has 0 spiro atoms. The van der Waals surface area contributed by atoms with E-state index in [0.29, 0.717) is 41.9 Å². The van der Waals surface area contributed by atoms with Crippen molar-refractivity contribution in [1.82, 2.24) is 4.90 Å². The second kappa shape index (κ2) is 7.01. The molecule has 1 saturated heterocycles. The molecule has 0 bridgehead atoms. The fourth-order valence-electron chi connectivity index (χ4n) is 2.08. The van der Waals surface area contributed by atoms with Gasteiger partial charge in [-0.25, -0.2) is 0 Å². The first-order valence-electron chi connectivity index (χ1n) is 6.28. The fourth-order valence-corrected chi connectivity index (χ4v) is 2.58. The van der Waals surface area contributed by atoms with Crippen LogP contribution in [-0.4, -0.2) is 47.4 Å². The summed E-state index contributed by atoms with van der Waals surface area (Å²) < 4.78 is 24.3. The standard InChI is InChI=1S/C13H16F2N2O2S/c14-13(15)20-11-3-1-9(2-4-11)16-12(19)8-17-6-5-10(18)7-17/h1-4,10,13,18H,5-8H2,(H,16,19)/t10-/m0/s1. The highest BCUT2D eigenvalue weighted by Gasteiger charge is 2.21. The Morgan fingerprint density at radius 3 is 2.70 bits per heavy atom. The van der Waals surface area contributed by atoms with Crippen LogP contribution in [0.15, 0.2) is 29.2 Å². The number of rotatable bonds is 5. The number of hydrogen-bond acceptors (Lipinski definition) is 4. The monoisotopic (exact) mass is 302 g/mol. The zero-order chi connectivity index (χ0) is 14.5. The van der Waals surface area contributed by atoms with Gasteiger partial charge in [0.05, 0.1) is 12.6 Å². The van der Waals surface area contributed by atoms with E-state index in [1.165, 1.54) is 0 Å². The molecule has 1 heterocycles. The van der Waals surface area contributed by atoms with E-state index in [0.717, 1.165) is 0 Å². The molecular formula is C13H16F2N2O2S. The Hall–Kier alpha value is -1.18. The minimum atomic E-state index is -2.45. The van der Waals surface area contributed by atoms with Gasteiger partial charge in [0.15, 0.2) is 0 Å². The first-order valence-corrected chi connectivity index (χ1v) is 7.16. The van der Waals surface area contributed by atoms with Crippen molar-refractivity contribution >= 4 is 23.4 Å². The number of aliphatic hydroxyl groups excluding tert-OH is 1. The highest BCUT2D eigenvalue weighted by atomic mass is 32.2. The largest absolute Gasteiger partial charge is 0.392 e. The van der Waals surface area contributed by atoms with Crippen molar-refractivity contribution in [2.75, 3.05) is 25.0 Å². The van der Waals surface area contributed by atoms with Gasteiger partial charge in [-0.3, -0.25) is 9.69 Å². The number of thioether (sulfide) groups is 1. The van der Waals surface area contributed by atoms with Crippen LogP contribution in [0.1, 0.15) is 6.42 Å². The molecule has 0 aliphatic carbocycles. The third kappa shape index (κ3) is 4.73. The van der Waals surface area contributed by atoms with Crippen LogP contribution in [0.5, 0.6) is 0 Å². The number of amides is 1. The van der Waals surface area contributed by atoms with E-state index in [2.05, 4.69) is 5.32 Å². The van der Waals surface area contributed by atoms with Gasteiger partial charge in [0, 0.05) is 23.7 Å². The van der Waals surface area contributed by atoms with Gasteiger partial charge >= 0.3 is 0 Å². The normalized spacial score (nSPS) is 19.5. The SMILES string of the molecule is O=C(CN1CC[C@H](O)C1)Nc1ccc(SC(F)F)cc1. The molecule has 1 aliphatic rings. The van der Waals surface area contributed by atoms with E-state index < -0.39 is 5.76 Å². The zero-order valence-electron chi connectivity index (χ0n) is 10.8.